The quantitative estimate of drug-likeness (QED) is 0.842. The van der Waals surface area contributed by atoms with E-state index >= 15 is 0 Å². The summed E-state index contributed by atoms with van der Waals surface area (Å²) >= 11 is 0. The van der Waals surface area contributed by atoms with Gasteiger partial charge in [-0.25, -0.2) is 9.78 Å². The standard InChI is InChI=1S/C18H17F3N6O2/c1-10-2-3-26(10)16-13(5-22)14(18(19,20)21)4-15(24-16)11-6-23-27(7-11)12-8-25(9-12)17(28)29/h4,6-7,10,12H,2-3,8-9H2,1H3,(H,28,29)/t10-/m0/s1. The summed E-state index contributed by atoms with van der Waals surface area (Å²) in [5.41, 5.74) is -1.04. The Kier molecular flexibility index (Phi) is 4.37. The van der Waals surface area contributed by atoms with Gasteiger partial charge in [0, 0.05) is 37.4 Å². The lowest BCUT2D eigenvalue weighted by molar-refractivity contribution is -0.137. The Balaban J connectivity index is 1.72. The number of nitriles is 1. The molecule has 0 bridgehead atoms. The fourth-order valence-corrected chi connectivity index (χ4v) is 3.50. The molecule has 2 aromatic heterocycles. The number of nitrogens with zero attached hydrogens (tertiary/aromatic N) is 6. The lowest BCUT2D eigenvalue weighted by atomic mass is 10.0. The summed E-state index contributed by atoms with van der Waals surface area (Å²) in [6.07, 6.45) is -1.94. The van der Waals surface area contributed by atoms with E-state index < -0.39 is 23.4 Å². The van der Waals surface area contributed by atoms with Crippen LogP contribution in [0.15, 0.2) is 18.5 Å². The summed E-state index contributed by atoms with van der Waals surface area (Å²) in [4.78, 5) is 18.2. The van der Waals surface area contributed by atoms with Crippen molar-refractivity contribution in [3.05, 3.63) is 29.6 Å². The van der Waals surface area contributed by atoms with Crippen molar-refractivity contribution in [1.82, 2.24) is 19.7 Å². The third-order valence-corrected chi connectivity index (χ3v) is 5.41. The lowest BCUT2D eigenvalue weighted by Gasteiger charge is -2.40. The average Bonchev–Trinajstić information content (AvgIpc) is 3.07. The second kappa shape index (κ2) is 6.65. The Morgan fingerprint density at radius 2 is 2.10 bits per heavy atom. The molecule has 0 unspecified atom stereocenters. The van der Waals surface area contributed by atoms with Crippen LogP contribution in [0.4, 0.5) is 23.8 Å². The zero-order chi connectivity index (χ0) is 20.9. The Morgan fingerprint density at radius 3 is 2.62 bits per heavy atom. The molecule has 0 spiro atoms. The van der Waals surface area contributed by atoms with Gasteiger partial charge in [-0.1, -0.05) is 0 Å². The van der Waals surface area contributed by atoms with E-state index in [-0.39, 0.29) is 36.7 Å². The van der Waals surface area contributed by atoms with Crippen LogP contribution in [0.25, 0.3) is 11.3 Å². The van der Waals surface area contributed by atoms with Gasteiger partial charge in [-0.3, -0.25) is 4.68 Å². The first-order valence-electron chi connectivity index (χ1n) is 9.00. The number of likely N-dealkylation sites (tertiary alicyclic amines) is 1. The number of amides is 1. The highest BCUT2D eigenvalue weighted by Gasteiger charge is 2.39. The molecule has 1 N–H and O–H groups in total. The van der Waals surface area contributed by atoms with Gasteiger partial charge in [-0.2, -0.15) is 23.5 Å². The number of aromatic nitrogens is 3. The van der Waals surface area contributed by atoms with Crippen molar-refractivity contribution in [3.8, 4) is 17.3 Å². The third-order valence-electron chi connectivity index (χ3n) is 5.41. The monoisotopic (exact) mass is 406 g/mol. The number of hydrogen-bond donors (Lipinski definition) is 1. The summed E-state index contributed by atoms with van der Waals surface area (Å²) in [7, 11) is 0. The van der Waals surface area contributed by atoms with E-state index in [2.05, 4.69) is 10.1 Å². The highest BCUT2D eigenvalue weighted by molar-refractivity contribution is 5.69. The van der Waals surface area contributed by atoms with E-state index in [0.29, 0.717) is 12.1 Å². The molecular weight excluding hydrogens is 389 g/mol. The number of carbonyl (C=O) groups is 1. The molecule has 1 amide bonds. The highest BCUT2D eigenvalue weighted by atomic mass is 19.4. The van der Waals surface area contributed by atoms with Crippen LogP contribution in [0.5, 0.6) is 0 Å². The van der Waals surface area contributed by atoms with E-state index in [1.54, 1.807) is 17.2 Å². The van der Waals surface area contributed by atoms with Gasteiger partial charge in [0.05, 0.1) is 23.5 Å². The van der Waals surface area contributed by atoms with Crippen LogP contribution in [0, 0.1) is 11.3 Å². The van der Waals surface area contributed by atoms with Gasteiger partial charge in [0.25, 0.3) is 0 Å². The summed E-state index contributed by atoms with van der Waals surface area (Å²) in [6, 6.07) is 2.38. The van der Waals surface area contributed by atoms with E-state index in [1.165, 1.54) is 15.8 Å². The Morgan fingerprint density at radius 1 is 1.38 bits per heavy atom. The maximum atomic E-state index is 13.6. The molecule has 0 aromatic carbocycles. The van der Waals surface area contributed by atoms with Crippen molar-refractivity contribution in [3.63, 3.8) is 0 Å². The second-order valence-electron chi connectivity index (χ2n) is 7.24. The Labute approximate surface area is 163 Å². The molecule has 2 saturated heterocycles. The predicted octanol–water partition coefficient (Wildman–Crippen LogP) is 2.97. The van der Waals surface area contributed by atoms with E-state index in [9.17, 15) is 23.2 Å². The minimum absolute atomic E-state index is 0.00522. The maximum absolute atomic E-state index is 13.6. The molecule has 4 rings (SSSR count). The highest BCUT2D eigenvalue weighted by Crippen LogP contribution is 2.39. The van der Waals surface area contributed by atoms with Crippen molar-refractivity contribution in [1.29, 1.82) is 5.26 Å². The van der Waals surface area contributed by atoms with Crippen LogP contribution in [0.1, 0.15) is 30.5 Å². The molecule has 1 atom stereocenters. The summed E-state index contributed by atoms with van der Waals surface area (Å²) < 4.78 is 42.4. The molecule has 0 aliphatic carbocycles. The fraction of sp³-hybridized carbons (Fsp3) is 0.444. The van der Waals surface area contributed by atoms with Gasteiger partial charge in [0.2, 0.25) is 0 Å². The minimum atomic E-state index is -4.70. The first-order valence-corrected chi connectivity index (χ1v) is 9.00. The number of halogens is 3. The molecule has 11 heteroatoms. The molecule has 152 valence electrons. The van der Waals surface area contributed by atoms with Crippen LogP contribution in [-0.2, 0) is 6.18 Å². The van der Waals surface area contributed by atoms with Gasteiger partial charge in [-0.05, 0) is 19.4 Å². The van der Waals surface area contributed by atoms with Crippen LogP contribution < -0.4 is 4.90 Å². The lowest BCUT2D eigenvalue weighted by Crippen LogP contribution is -2.50. The fourth-order valence-electron chi connectivity index (χ4n) is 3.50. The smallest absolute Gasteiger partial charge is 0.417 e. The van der Waals surface area contributed by atoms with Crippen LogP contribution >= 0.6 is 0 Å². The Hall–Kier alpha value is -3.29. The molecule has 29 heavy (non-hydrogen) atoms. The summed E-state index contributed by atoms with van der Waals surface area (Å²) in [6.45, 7) is 2.94. The van der Waals surface area contributed by atoms with Gasteiger partial charge >= 0.3 is 12.3 Å². The molecule has 2 aromatic rings. The molecule has 0 saturated carbocycles. The number of pyridine rings is 1. The zero-order valence-electron chi connectivity index (χ0n) is 15.4. The molecular formula is C18H17F3N6O2. The molecule has 4 heterocycles. The molecule has 2 aliphatic rings. The third kappa shape index (κ3) is 3.24. The van der Waals surface area contributed by atoms with E-state index in [1.807, 2.05) is 6.92 Å². The number of rotatable bonds is 3. The minimum Gasteiger partial charge on any atom is -0.465 e. The van der Waals surface area contributed by atoms with Crippen LogP contribution in [0.2, 0.25) is 0 Å². The molecule has 8 nitrogen and oxygen atoms in total. The number of alkyl halides is 3. The molecule has 0 radical (unpaired) electrons. The first kappa shape index (κ1) is 19.0. The number of hydrogen-bond acceptors (Lipinski definition) is 5. The van der Waals surface area contributed by atoms with Crippen LogP contribution in [-0.4, -0.2) is 56.5 Å². The predicted molar refractivity (Wildman–Crippen MR) is 95.2 cm³/mol. The number of carboxylic acid groups (broad SMARTS) is 1. The van der Waals surface area contributed by atoms with E-state index in [4.69, 9.17) is 5.11 Å². The van der Waals surface area contributed by atoms with Gasteiger partial charge in [-0.15, -0.1) is 0 Å². The van der Waals surface area contributed by atoms with E-state index in [0.717, 1.165) is 12.5 Å². The summed E-state index contributed by atoms with van der Waals surface area (Å²) in [5.74, 6) is 0.0320. The van der Waals surface area contributed by atoms with Crippen molar-refractivity contribution in [2.24, 2.45) is 0 Å². The maximum Gasteiger partial charge on any atom is 0.417 e. The van der Waals surface area contributed by atoms with Crippen LogP contribution in [0.3, 0.4) is 0 Å². The second-order valence-corrected chi connectivity index (χ2v) is 7.24. The van der Waals surface area contributed by atoms with Gasteiger partial charge in [0.1, 0.15) is 17.5 Å². The SMILES string of the molecule is C[C@H]1CCN1c1nc(-c2cnn(C3CN(C(=O)O)C3)c2)cc(C(F)(F)F)c1C#N. The van der Waals surface area contributed by atoms with Crippen molar-refractivity contribution in [2.75, 3.05) is 24.5 Å². The van der Waals surface area contributed by atoms with Crippen molar-refractivity contribution < 1.29 is 23.1 Å². The largest absolute Gasteiger partial charge is 0.465 e. The number of anilines is 1. The van der Waals surface area contributed by atoms with Gasteiger partial charge in [0.15, 0.2) is 0 Å². The topological polar surface area (TPSA) is 98.3 Å². The normalized spacial score (nSPS) is 19.5. The molecule has 2 aliphatic heterocycles. The van der Waals surface area contributed by atoms with Crippen molar-refractivity contribution >= 4 is 11.9 Å². The first-order chi connectivity index (χ1) is 13.7. The average molecular weight is 406 g/mol. The zero-order valence-corrected chi connectivity index (χ0v) is 15.4. The van der Waals surface area contributed by atoms with Gasteiger partial charge < -0.3 is 14.9 Å². The van der Waals surface area contributed by atoms with Crippen molar-refractivity contribution in [2.45, 2.75) is 31.6 Å². The summed E-state index contributed by atoms with van der Waals surface area (Å²) in [5, 5.41) is 22.5. The Bertz CT molecular complexity index is 1010. The molecule has 2 fully saturated rings.